The minimum Gasteiger partial charge on any atom is -0.468 e. The number of thiophene rings is 2. The van der Waals surface area contributed by atoms with Crippen LogP contribution in [-0.2, 0) is 17.9 Å². The molecule has 24 heavy (non-hydrogen) atoms. The standard InChI is InChI=1S/C17H15N3O2S2/c18-9-13-5-8-24-17(13)19-16(21)12-20(10-14-3-1-6-22-14)11-15-4-2-7-23-15/h1-8H,10-12H2,(H,19,21). The van der Waals surface area contributed by atoms with Gasteiger partial charge in [0.25, 0.3) is 0 Å². The smallest absolute Gasteiger partial charge is 0.239 e. The van der Waals surface area contributed by atoms with Gasteiger partial charge in [-0.3, -0.25) is 9.69 Å². The lowest BCUT2D eigenvalue weighted by Gasteiger charge is -2.19. The summed E-state index contributed by atoms with van der Waals surface area (Å²) in [5, 5.41) is 16.3. The number of rotatable bonds is 7. The third kappa shape index (κ3) is 4.32. The number of hydrogen-bond donors (Lipinski definition) is 1. The molecule has 3 rings (SSSR count). The van der Waals surface area contributed by atoms with Gasteiger partial charge in [0.05, 0.1) is 24.9 Å². The van der Waals surface area contributed by atoms with Crippen molar-refractivity contribution in [3.63, 3.8) is 0 Å². The Bertz CT molecular complexity index is 780. The van der Waals surface area contributed by atoms with Gasteiger partial charge in [0.1, 0.15) is 16.8 Å². The van der Waals surface area contributed by atoms with Crippen LogP contribution in [0, 0.1) is 11.3 Å². The molecule has 1 N–H and O–H groups in total. The Balaban J connectivity index is 1.66. The Morgan fingerprint density at radius 3 is 2.83 bits per heavy atom. The molecule has 0 fully saturated rings. The SMILES string of the molecule is N#Cc1ccsc1NC(=O)CN(Cc1ccco1)Cc1cccs1. The van der Waals surface area contributed by atoms with E-state index in [9.17, 15) is 4.79 Å². The maximum Gasteiger partial charge on any atom is 0.239 e. The van der Waals surface area contributed by atoms with E-state index in [1.54, 1.807) is 29.0 Å². The highest BCUT2D eigenvalue weighted by Gasteiger charge is 2.15. The maximum atomic E-state index is 12.4. The molecule has 0 aliphatic rings. The van der Waals surface area contributed by atoms with Crippen molar-refractivity contribution >= 4 is 33.6 Å². The number of amides is 1. The van der Waals surface area contributed by atoms with E-state index >= 15 is 0 Å². The van der Waals surface area contributed by atoms with Crippen LogP contribution in [0.15, 0.2) is 51.8 Å². The Hall–Kier alpha value is -2.40. The summed E-state index contributed by atoms with van der Waals surface area (Å²) in [5.41, 5.74) is 0.490. The van der Waals surface area contributed by atoms with Crippen molar-refractivity contribution in [2.24, 2.45) is 0 Å². The molecule has 1 amide bonds. The van der Waals surface area contributed by atoms with Crippen molar-refractivity contribution in [3.05, 3.63) is 63.6 Å². The first kappa shape index (κ1) is 16.5. The largest absolute Gasteiger partial charge is 0.468 e. The zero-order valence-corrected chi connectivity index (χ0v) is 14.4. The fourth-order valence-corrected chi connectivity index (χ4v) is 3.78. The summed E-state index contributed by atoms with van der Waals surface area (Å²) in [7, 11) is 0. The third-order valence-electron chi connectivity index (χ3n) is 3.32. The van der Waals surface area contributed by atoms with E-state index in [4.69, 9.17) is 9.68 Å². The molecule has 0 aliphatic heterocycles. The highest BCUT2D eigenvalue weighted by atomic mass is 32.1. The van der Waals surface area contributed by atoms with Crippen LogP contribution in [0.2, 0.25) is 0 Å². The number of furan rings is 1. The van der Waals surface area contributed by atoms with Crippen LogP contribution in [0.5, 0.6) is 0 Å². The summed E-state index contributed by atoms with van der Waals surface area (Å²) in [4.78, 5) is 15.6. The van der Waals surface area contributed by atoms with E-state index in [-0.39, 0.29) is 12.5 Å². The second-order valence-electron chi connectivity index (χ2n) is 5.13. The van der Waals surface area contributed by atoms with Gasteiger partial charge in [-0.25, -0.2) is 0 Å². The van der Waals surface area contributed by atoms with Gasteiger partial charge in [0.15, 0.2) is 0 Å². The van der Waals surface area contributed by atoms with E-state index < -0.39 is 0 Å². The molecular formula is C17H15N3O2S2. The summed E-state index contributed by atoms with van der Waals surface area (Å²) in [6, 6.07) is 11.6. The molecule has 0 aliphatic carbocycles. The average Bonchev–Trinajstić information content (AvgIpc) is 3.29. The molecule has 0 saturated carbocycles. The van der Waals surface area contributed by atoms with Crippen molar-refractivity contribution < 1.29 is 9.21 Å². The number of hydrogen-bond acceptors (Lipinski definition) is 6. The van der Waals surface area contributed by atoms with Crippen LogP contribution in [0.3, 0.4) is 0 Å². The number of nitriles is 1. The summed E-state index contributed by atoms with van der Waals surface area (Å²) < 4.78 is 5.40. The van der Waals surface area contributed by atoms with Crippen molar-refractivity contribution in [2.75, 3.05) is 11.9 Å². The lowest BCUT2D eigenvalue weighted by molar-refractivity contribution is -0.117. The predicted octanol–water partition coefficient (Wildman–Crippen LogP) is 3.92. The minimum atomic E-state index is -0.142. The van der Waals surface area contributed by atoms with E-state index in [1.807, 2.05) is 34.5 Å². The molecule has 0 spiro atoms. The molecule has 0 atom stereocenters. The molecule has 3 aromatic heterocycles. The molecule has 5 nitrogen and oxygen atoms in total. The van der Waals surface area contributed by atoms with Crippen molar-refractivity contribution in [1.82, 2.24) is 4.90 Å². The van der Waals surface area contributed by atoms with Gasteiger partial charge in [-0.1, -0.05) is 6.07 Å². The first-order valence-electron chi connectivity index (χ1n) is 7.29. The first-order chi connectivity index (χ1) is 11.7. The number of carbonyl (C=O) groups is 1. The molecule has 0 radical (unpaired) electrons. The average molecular weight is 357 g/mol. The van der Waals surface area contributed by atoms with Gasteiger partial charge in [-0.2, -0.15) is 5.26 Å². The van der Waals surface area contributed by atoms with Crippen LogP contribution in [0.4, 0.5) is 5.00 Å². The van der Waals surface area contributed by atoms with Crippen LogP contribution >= 0.6 is 22.7 Å². The molecule has 3 aromatic rings. The first-order valence-corrected chi connectivity index (χ1v) is 9.05. The Labute approximate surface area is 147 Å². The van der Waals surface area contributed by atoms with Crippen LogP contribution in [0.1, 0.15) is 16.2 Å². The molecule has 0 aromatic carbocycles. The summed E-state index contributed by atoms with van der Waals surface area (Å²) in [6.07, 6.45) is 1.63. The zero-order chi connectivity index (χ0) is 16.8. The van der Waals surface area contributed by atoms with Gasteiger partial charge in [-0.05, 0) is 35.0 Å². The predicted molar refractivity (Wildman–Crippen MR) is 94.8 cm³/mol. The summed E-state index contributed by atoms with van der Waals surface area (Å²) in [6.45, 7) is 1.44. The molecule has 122 valence electrons. The lowest BCUT2D eigenvalue weighted by atomic mass is 10.3. The minimum absolute atomic E-state index is 0.142. The maximum absolute atomic E-state index is 12.4. The van der Waals surface area contributed by atoms with Gasteiger partial charge >= 0.3 is 0 Å². The number of anilines is 1. The normalized spacial score (nSPS) is 10.7. The van der Waals surface area contributed by atoms with Crippen molar-refractivity contribution in [2.45, 2.75) is 13.1 Å². The fourth-order valence-electron chi connectivity index (χ4n) is 2.28. The second kappa shape index (κ2) is 7.93. The third-order valence-corrected chi connectivity index (χ3v) is 5.02. The molecule has 7 heteroatoms. The van der Waals surface area contributed by atoms with Crippen molar-refractivity contribution in [3.8, 4) is 6.07 Å². The van der Waals surface area contributed by atoms with Gasteiger partial charge in [0.2, 0.25) is 5.91 Å². The van der Waals surface area contributed by atoms with Gasteiger partial charge in [0, 0.05) is 11.4 Å². The quantitative estimate of drug-likeness (QED) is 0.696. The molecule has 0 unspecified atom stereocenters. The lowest BCUT2D eigenvalue weighted by Crippen LogP contribution is -2.32. The van der Waals surface area contributed by atoms with Crippen LogP contribution < -0.4 is 5.32 Å². The van der Waals surface area contributed by atoms with E-state index in [2.05, 4.69) is 11.4 Å². The molecule has 0 bridgehead atoms. The number of carbonyl (C=O) groups excluding carboxylic acids is 1. The van der Waals surface area contributed by atoms with Crippen LogP contribution in [-0.4, -0.2) is 17.4 Å². The fraction of sp³-hybridized carbons (Fsp3) is 0.176. The highest BCUT2D eigenvalue weighted by molar-refractivity contribution is 7.14. The monoisotopic (exact) mass is 357 g/mol. The molecule has 3 heterocycles. The van der Waals surface area contributed by atoms with E-state index in [0.29, 0.717) is 23.7 Å². The molecular weight excluding hydrogens is 342 g/mol. The van der Waals surface area contributed by atoms with E-state index in [0.717, 1.165) is 5.76 Å². The zero-order valence-electron chi connectivity index (χ0n) is 12.8. The van der Waals surface area contributed by atoms with Crippen LogP contribution in [0.25, 0.3) is 0 Å². The topological polar surface area (TPSA) is 69.3 Å². The summed E-state index contributed by atoms with van der Waals surface area (Å²) in [5.74, 6) is 0.672. The van der Waals surface area contributed by atoms with Gasteiger partial charge < -0.3 is 9.73 Å². The Kier molecular flexibility index (Phi) is 5.43. The molecule has 0 saturated heterocycles. The highest BCUT2D eigenvalue weighted by Crippen LogP contribution is 2.22. The second-order valence-corrected chi connectivity index (χ2v) is 7.08. The number of nitrogens with zero attached hydrogens (tertiary/aromatic N) is 2. The Morgan fingerprint density at radius 2 is 2.12 bits per heavy atom. The van der Waals surface area contributed by atoms with Gasteiger partial charge in [-0.15, -0.1) is 22.7 Å². The van der Waals surface area contributed by atoms with E-state index in [1.165, 1.54) is 16.2 Å². The van der Waals surface area contributed by atoms with Crippen molar-refractivity contribution in [1.29, 1.82) is 5.26 Å². The number of nitrogens with one attached hydrogen (secondary N) is 1. The summed E-state index contributed by atoms with van der Waals surface area (Å²) >= 11 is 3.01. The Morgan fingerprint density at radius 1 is 1.21 bits per heavy atom.